The number of rotatable bonds is 0. The highest BCUT2D eigenvalue weighted by atomic mass is 79.9. The van der Waals surface area contributed by atoms with Gasteiger partial charge in [0.1, 0.15) is 0 Å². The Morgan fingerprint density at radius 3 is 2.91 bits per heavy atom. The van der Waals surface area contributed by atoms with Crippen LogP contribution >= 0.6 is 15.9 Å². The lowest BCUT2D eigenvalue weighted by molar-refractivity contribution is 0.995. The molecule has 1 heterocycles. The van der Waals surface area contributed by atoms with Crippen molar-refractivity contribution in [1.29, 1.82) is 0 Å². The number of nitrogens with zero attached hydrogens (tertiary/aromatic N) is 1. The Kier molecular flexibility index (Phi) is 1.78. The van der Waals surface area contributed by atoms with Gasteiger partial charge in [0.15, 0.2) is 0 Å². The molecule has 0 aliphatic heterocycles. The molecule has 1 aromatic rings. The van der Waals surface area contributed by atoms with Crippen LogP contribution in [0.5, 0.6) is 0 Å². The monoisotopic (exact) mass is 209 g/mol. The summed E-state index contributed by atoms with van der Waals surface area (Å²) in [6, 6.07) is 2.00. The molecular weight excluding hydrogens is 202 g/mol. The SMILES string of the molecule is Brc1ccnc2c1CC=CC2. The second-order valence-electron chi connectivity index (χ2n) is 2.60. The molecule has 1 aliphatic rings. The molecule has 0 radical (unpaired) electrons. The van der Waals surface area contributed by atoms with Crippen molar-refractivity contribution in [2.45, 2.75) is 12.8 Å². The minimum atomic E-state index is 0.981. The van der Waals surface area contributed by atoms with Crippen molar-refractivity contribution in [2.24, 2.45) is 0 Å². The zero-order valence-corrected chi connectivity index (χ0v) is 7.63. The van der Waals surface area contributed by atoms with E-state index >= 15 is 0 Å². The number of aromatic nitrogens is 1. The van der Waals surface area contributed by atoms with Crippen LogP contribution in [-0.4, -0.2) is 4.98 Å². The smallest absolute Gasteiger partial charge is 0.0487 e. The van der Waals surface area contributed by atoms with Crippen LogP contribution in [0, 0.1) is 0 Å². The summed E-state index contributed by atoms with van der Waals surface area (Å²) in [6.45, 7) is 0. The molecule has 0 atom stereocenters. The Morgan fingerprint density at radius 2 is 2.09 bits per heavy atom. The van der Waals surface area contributed by atoms with Crippen LogP contribution in [0.3, 0.4) is 0 Å². The van der Waals surface area contributed by atoms with Crippen LogP contribution < -0.4 is 0 Å². The lowest BCUT2D eigenvalue weighted by atomic mass is 10.0. The molecule has 0 spiro atoms. The first-order valence-electron chi connectivity index (χ1n) is 3.65. The predicted octanol–water partition coefficient (Wildman–Crippen LogP) is 2.50. The minimum Gasteiger partial charge on any atom is -0.261 e. The molecule has 11 heavy (non-hydrogen) atoms. The molecule has 1 aliphatic carbocycles. The van der Waals surface area contributed by atoms with E-state index in [1.54, 1.807) is 0 Å². The Bertz CT molecular complexity index is 304. The maximum Gasteiger partial charge on any atom is 0.0487 e. The molecule has 2 rings (SSSR count). The third kappa shape index (κ3) is 1.23. The van der Waals surface area contributed by atoms with Crippen LogP contribution in [-0.2, 0) is 12.8 Å². The highest BCUT2D eigenvalue weighted by Gasteiger charge is 2.07. The first kappa shape index (κ1) is 7.04. The van der Waals surface area contributed by atoms with Gasteiger partial charge in [0.2, 0.25) is 0 Å². The van der Waals surface area contributed by atoms with Crippen molar-refractivity contribution >= 4 is 15.9 Å². The zero-order valence-electron chi connectivity index (χ0n) is 6.05. The number of hydrogen-bond donors (Lipinski definition) is 0. The fourth-order valence-electron chi connectivity index (χ4n) is 1.30. The van der Waals surface area contributed by atoms with Crippen LogP contribution in [0.15, 0.2) is 28.9 Å². The fourth-order valence-corrected chi connectivity index (χ4v) is 1.81. The molecular formula is C9H8BrN. The maximum absolute atomic E-state index is 4.30. The van der Waals surface area contributed by atoms with Crippen molar-refractivity contribution in [1.82, 2.24) is 4.98 Å². The number of hydrogen-bond acceptors (Lipinski definition) is 1. The number of pyridine rings is 1. The number of fused-ring (bicyclic) bond motifs is 1. The zero-order chi connectivity index (χ0) is 7.68. The Hall–Kier alpha value is -0.630. The van der Waals surface area contributed by atoms with Crippen LogP contribution in [0.25, 0.3) is 0 Å². The maximum atomic E-state index is 4.30. The summed E-state index contributed by atoms with van der Waals surface area (Å²) < 4.78 is 1.19. The van der Waals surface area contributed by atoms with E-state index in [4.69, 9.17) is 0 Å². The van der Waals surface area contributed by atoms with Gasteiger partial charge in [-0.25, -0.2) is 0 Å². The first-order valence-corrected chi connectivity index (χ1v) is 4.44. The molecule has 0 aromatic carbocycles. The summed E-state index contributed by atoms with van der Waals surface area (Å²) in [5.74, 6) is 0. The van der Waals surface area contributed by atoms with Crippen LogP contribution in [0.2, 0.25) is 0 Å². The predicted molar refractivity (Wildman–Crippen MR) is 48.5 cm³/mol. The molecule has 0 saturated carbocycles. The second-order valence-corrected chi connectivity index (χ2v) is 3.45. The summed E-state index contributed by atoms with van der Waals surface area (Å²) in [6.07, 6.45) is 8.21. The van der Waals surface area contributed by atoms with Crippen LogP contribution in [0.1, 0.15) is 11.3 Å². The van der Waals surface area contributed by atoms with Gasteiger partial charge < -0.3 is 0 Å². The Labute approximate surface area is 74.3 Å². The van der Waals surface area contributed by atoms with E-state index < -0.39 is 0 Å². The van der Waals surface area contributed by atoms with Gasteiger partial charge >= 0.3 is 0 Å². The summed E-state index contributed by atoms with van der Waals surface area (Å²) in [7, 11) is 0. The van der Waals surface area contributed by atoms with E-state index in [0.717, 1.165) is 12.8 Å². The van der Waals surface area contributed by atoms with E-state index in [0.29, 0.717) is 0 Å². The molecule has 0 N–H and O–H groups in total. The molecule has 1 aromatic heterocycles. The van der Waals surface area contributed by atoms with Crippen molar-refractivity contribution in [3.63, 3.8) is 0 Å². The van der Waals surface area contributed by atoms with Gasteiger partial charge in [0.05, 0.1) is 0 Å². The topological polar surface area (TPSA) is 12.9 Å². The van der Waals surface area contributed by atoms with Crippen molar-refractivity contribution < 1.29 is 0 Å². The minimum absolute atomic E-state index is 0.981. The molecule has 56 valence electrons. The van der Waals surface area contributed by atoms with E-state index in [2.05, 4.69) is 33.1 Å². The van der Waals surface area contributed by atoms with Crippen molar-refractivity contribution in [2.75, 3.05) is 0 Å². The quantitative estimate of drug-likeness (QED) is 0.599. The summed E-state index contributed by atoms with van der Waals surface area (Å²) >= 11 is 3.51. The number of halogens is 1. The van der Waals surface area contributed by atoms with Gasteiger partial charge in [-0.2, -0.15) is 0 Å². The van der Waals surface area contributed by atoms with Gasteiger partial charge in [-0.15, -0.1) is 0 Å². The van der Waals surface area contributed by atoms with Gasteiger partial charge in [-0.1, -0.05) is 28.1 Å². The molecule has 0 bridgehead atoms. The summed E-state index contributed by atoms with van der Waals surface area (Å²) in [4.78, 5) is 4.30. The van der Waals surface area contributed by atoms with Crippen molar-refractivity contribution in [3.05, 3.63) is 40.1 Å². The third-order valence-corrected chi connectivity index (χ3v) is 2.63. The normalized spacial score (nSPS) is 14.6. The lowest BCUT2D eigenvalue weighted by Crippen LogP contribution is -2.00. The standard InChI is InChI=1S/C9H8BrN/c10-8-5-6-11-9-4-2-1-3-7(8)9/h1-2,5-6H,3-4H2. The molecule has 0 unspecified atom stereocenters. The van der Waals surface area contributed by atoms with E-state index in [1.807, 2.05) is 12.3 Å². The van der Waals surface area contributed by atoms with E-state index in [1.165, 1.54) is 15.7 Å². The van der Waals surface area contributed by atoms with E-state index in [-0.39, 0.29) is 0 Å². The largest absolute Gasteiger partial charge is 0.261 e. The summed E-state index contributed by atoms with van der Waals surface area (Å²) in [5, 5.41) is 0. The van der Waals surface area contributed by atoms with Gasteiger partial charge in [-0.05, 0) is 18.1 Å². The average molecular weight is 210 g/mol. The highest BCUT2D eigenvalue weighted by Crippen LogP contribution is 2.22. The molecule has 0 fully saturated rings. The molecule has 2 heteroatoms. The van der Waals surface area contributed by atoms with Gasteiger partial charge in [0.25, 0.3) is 0 Å². The molecule has 0 saturated heterocycles. The average Bonchev–Trinajstić information content (AvgIpc) is 2.06. The van der Waals surface area contributed by atoms with Gasteiger partial charge in [0, 0.05) is 22.8 Å². The number of allylic oxidation sites excluding steroid dienone is 2. The molecule has 1 nitrogen and oxygen atoms in total. The van der Waals surface area contributed by atoms with E-state index in [9.17, 15) is 0 Å². The van der Waals surface area contributed by atoms with Crippen LogP contribution in [0.4, 0.5) is 0 Å². The third-order valence-electron chi connectivity index (χ3n) is 1.89. The summed E-state index contributed by atoms with van der Waals surface area (Å²) in [5.41, 5.74) is 2.55. The Morgan fingerprint density at radius 1 is 1.27 bits per heavy atom. The fraction of sp³-hybridized carbons (Fsp3) is 0.222. The second kappa shape index (κ2) is 2.78. The highest BCUT2D eigenvalue weighted by molar-refractivity contribution is 9.10. The van der Waals surface area contributed by atoms with Gasteiger partial charge in [-0.3, -0.25) is 4.98 Å². The first-order chi connectivity index (χ1) is 5.38. The van der Waals surface area contributed by atoms with Crippen molar-refractivity contribution in [3.8, 4) is 0 Å². The molecule has 0 amide bonds. The Balaban J connectivity index is 2.54. The lowest BCUT2D eigenvalue weighted by Gasteiger charge is -2.10.